The summed E-state index contributed by atoms with van der Waals surface area (Å²) in [5, 5.41) is 0. The molecule has 1 aromatic carbocycles. The Kier molecular flexibility index (Phi) is 4.04. The Balaban J connectivity index is 2.34. The number of methoxy groups -OCH3 is 2. The van der Waals surface area contributed by atoms with Crippen LogP contribution in [0.4, 0.5) is 0 Å². The number of ether oxygens (including phenoxy) is 2. The number of carbonyl (C=O) groups is 1. The van der Waals surface area contributed by atoms with Crippen LogP contribution in [-0.4, -0.2) is 52.2 Å². The van der Waals surface area contributed by atoms with Crippen LogP contribution in [0.25, 0.3) is 0 Å². The number of Topliss-reactive ketones (excluding diaryl/α,β-unsaturated/α-hetero) is 1. The fourth-order valence-electron chi connectivity index (χ4n) is 2.87. The van der Waals surface area contributed by atoms with Crippen LogP contribution in [0.5, 0.6) is 11.5 Å². The van der Waals surface area contributed by atoms with Crippen LogP contribution in [0.3, 0.4) is 0 Å². The zero-order valence-corrected chi connectivity index (χ0v) is 13.0. The lowest BCUT2D eigenvalue weighted by Gasteiger charge is -2.31. The quantitative estimate of drug-likeness (QED) is 0.792. The molecule has 0 heterocycles. The summed E-state index contributed by atoms with van der Waals surface area (Å²) in [5.41, 5.74) is 1.87. The first-order valence-electron chi connectivity index (χ1n) is 6.95. The molecule has 1 aliphatic carbocycles. The van der Waals surface area contributed by atoms with Crippen LogP contribution in [-0.2, 0) is 6.42 Å². The van der Waals surface area contributed by atoms with Gasteiger partial charge in [-0.2, -0.15) is 0 Å². The average molecular weight is 278 g/mol. The lowest BCUT2D eigenvalue weighted by molar-refractivity contribution is -0.872. The molecule has 0 radical (unpaired) electrons. The van der Waals surface area contributed by atoms with Gasteiger partial charge in [-0.25, -0.2) is 0 Å². The third kappa shape index (κ3) is 2.96. The number of rotatable bonds is 4. The number of aryl methyl sites for hydroxylation is 1. The van der Waals surface area contributed by atoms with Crippen LogP contribution < -0.4 is 9.47 Å². The second kappa shape index (κ2) is 5.44. The van der Waals surface area contributed by atoms with Gasteiger partial charge < -0.3 is 14.0 Å². The Morgan fingerprint density at radius 2 is 1.75 bits per heavy atom. The van der Waals surface area contributed by atoms with Gasteiger partial charge in [-0.1, -0.05) is 0 Å². The maximum absolute atomic E-state index is 12.7. The average Bonchev–Trinajstić information content (AvgIpc) is 2.39. The van der Waals surface area contributed by atoms with Crippen molar-refractivity contribution in [3.63, 3.8) is 0 Å². The van der Waals surface area contributed by atoms with Crippen LogP contribution in [0.1, 0.15) is 22.3 Å². The van der Waals surface area contributed by atoms with Crippen molar-refractivity contribution in [2.24, 2.45) is 5.92 Å². The summed E-state index contributed by atoms with van der Waals surface area (Å²) in [7, 11) is 9.59. The van der Waals surface area contributed by atoms with Gasteiger partial charge in [-0.3, -0.25) is 4.79 Å². The van der Waals surface area contributed by atoms with Gasteiger partial charge in [0.2, 0.25) is 0 Å². The van der Waals surface area contributed by atoms with Gasteiger partial charge in [0.15, 0.2) is 17.3 Å². The molecule has 1 atom stereocenters. The van der Waals surface area contributed by atoms with Crippen molar-refractivity contribution < 1.29 is 18.8 Å². The molecule has 1 unspecified atom stereocenters. The van der Waals surface area contributed by atoms with E-state index in [0.29, 0.717) is 11.5 Å². The third-order valence-corrected chi connectivity index (χ3v) is 3.78. The van der Waals surface area contributed by atoms with E-state index in [0.717, 1.165) is 35.0 Å². The van der Waals surface area contributed by atoms with Crippen molar-refractivity contribution >= 4 is 5.78 Å². The molecule has 0 N–H and O–H groups in total. The second-order valence-electron chi connectivity index (χ2n) is 6.44. The Labute approximate surface area is 120 Å². The van der Waals surface area contributed by atoms with E-state index in [4.69, 9.17) is 9.47 Å². The summed E-state index contributed by atoms with van der Waals surface area (Å²) < 4.78 is 11.4. The molecule has 0 fully saturated rings. The maximum Gasteiger partial charge on any atom is 0.171 e. The monoisotopic (exact) mass is 278 g/mol. The highest BCUT2D eigenvalue weighted by atomic mass is 16.5. The SMILES string of the molecule is COc1cc2c(cc1OC)C(=O)C(C[N+](C)(C)C)CC2. The van der Waals surface area contributed by atoms with Gasteiger partial charge in [0.1, 0.15) is 0 Å². The summed E-state index contributed by atoms with van der Waals surface area (Å²) in [5.74, 6) is 1.66. The van der Waals surface area contributed by atoms with Gasteiger partial charge in [-0.15, -0.1) is 0 Å². The van der Waals surface area contributed by atoms with Crippen LogP contribution in [0, 0.1) is 5.92 Å². The number of fused-ring (bicyclic) bond motifs is 1. The summed E-state index contributed by atoms with van der Waals surface area (Å²) in [6.45, 7) is 0.868. The van der Waals surface area contributed by atoms with Crippen molar-refractivity contribution in [2.75, 3.05) is 41.9 Å². The minimum atomic E-state index is 0.0978. The topological polar surface area (TPSA) is 35.5 Å². The molecular weight excluding hydrogens is 254 g/mol. The van der Waals surface area contributed by atoms with Crippen molar-refractivity contribution in [3.05, 3.63) is 23.3 Å². The summed E-state index contributed by atoms with van der Waals surface area (Å²) in [4.78, 5) is 12.7. The molecule has 110 valence electrons. The Bertz CT molecular complexity index is 517. The van der Waals surface area contributed by atoms with Crippen molar-refractivity contribution in [3.8, 4) is 11.5 Å². The van der Waals surface area contributed by atoms with Crippen LogP contribution in [0.2, 0.25) is 0 Å². The fraction of sp³-hybridized carbons (Fsp3) is 0.562. The molecular formula is C16H24NO3+. The Morgan fingerprint density at radius 1 is 1.15 bits per heavy atom. The normalized spacial score (nSPS) is 18.6. The Hall–Kier alpha value is -1.55. The highest BCUT2D eigenvalue weighted by Gasteiger charge is 2.32. The molecule has 0 saturated heterocycles. The molecule has 4 heteroatoms. The molecule has 4 nitrogen and oxygen atoms in total. The minimum absolute atomic E-state index is 0.0978. The molecule has 0 spiro atoms. The number of hydrogen-bond acceptors (Lipinski definition) is 3. The van der Waals surface area contributed by atoms with E-state index in [1.807, 2.05) is 12.1 Å². The molecule has 0 amide bonds. The van der Waals surface area contributed by atoms with E-state index < -0.39 is 0 Å². The van der Waals surface area contributed by atoms with Crippen molar-refractivity contribution in [1.29, 1.82) is 0 Å². The van der Waals surface area contributed by atoms with E-state index in [2.05, 4.69) is 21.1 Å². The number of nitrogens with zero attached hydrogens (tertiary/aromatic N) is 1. The van der Waals surface area contributed by atoms with Crippen LogP contribution >= 0.6 is 0 Å². The zero-order chi connectivity index (χ0) is 14.9. The first kappa shape index (κ1) is 14.9. The third-order valence-electron chi connectivity index (χ3n) is 3.78. The number of quaternary nitrogens is 1. The highest BCUT2D eigenvalue weighted by molar-refractivity contribution is 6.01. The minimum Gasteiger partial charge on any atom is -0.493 e. The predicted molar refractivity (Wildman–Crippen MR) is 78.6 cm³/mol. The van der Waals surface area contributed by atoms with E-state index in [1.54, 1.807) is 14.2 Å². The fourth-order valence-corrected chi connectivity index (χ4v) is 2.87. The van der Waals surface area contributed by atoms with Gasteiger partial charge >= 0.3 is 0 Å². The highest BCUT2D eigenvalue weighted by Crippen LogP contribution is 2.35. The zero-order valence-electron chi connectivity index (χ0n) is 13.0. The molecule has 2 rings (SSSR count). The second-order valence-corrected chi connectivity index (χ2v) is 6.44. The number of ketones is 1. The Morgan fingerprint density at radius 3 is 2.30 bits per heavy atom. The molecule has 20 heavy (non-hydrogen) atoms. The van der Waals surface area contributed by atoms with Gasteiger partial charge in [0, 0.05) is 5.56 Å². The molecule has 0 bridgehead atoms. The lowest BCUT2D eigenvalue weighted by atomic mass is 9.82. The van der Waals surface area contributed by atoms with Crippen molar-refractivity contribution in [2.45, 2.75) is 12.8 Å². The molecule has 1 aromatic rings. The number of carbonyl (C=O) groups excluding carboxylic acids is 1. The van der Waals surface area contributed by atoms with Gasteiger partial charge in [-0.05, 0) is 30.5 Å². The molecule has 0 saturated carbocycles. The largest absolute Gasteiger partial charge is 0.493 e. The lowest BCUT2D eigenvalue weighted by Crippen LogP contribution is -2.42. The summed E-state index contributed by atoms with van der Waals surface area (Å²) in [6, 6.07) is 3.77. The molecule has 0 aliphatic heterocycles. The van der Waals surface area contributed by atoms with E-state index in [9.17, 15) is 4.79 Å². The number of hydrogen-bond donors (Lipinski definition) is 0. The van der Waals surface area contributed by atoms with E-state index in [1.165, 1.54) is 0 Å². The predicted octanol–water partition coefficient (Wildman–Crippen LogP) is 2.16. The summed E-state index contributed by atoms with van der Waals surface area (Å²) in [6.07, 6.45) is 1.84. The van der Waals surface area contributed by atoms with Crippen LogP contribution in [0.15, 0.2) is 12.1 Å². The first-order chi connectivity index (χ1) is 9.35. The molecule has 0 aromatic heterocycles. The van der Waals surface area contributed by atoms with E-state index in [-0.39, 0.29) is 11.7 Å². The molecule has 1 aliphatic rings. The standard InChI is InChI=1S/C16H24NO3/c1-17(2,3)10-12-7-6-11-8-14(19-4)15(20-5)9-13(11)16(12)18/h8-9,12H,6-7,10H2,1-5H3/q+1. The van der Waals surface area contributed by atoms with Gasteiger partial charge in [0.05, 0.1) is 47.8 Å². The maximum atomic E-state index is 12.7. The summed E-state index contributed by atoms with van der Waals surface area (Å²) >= 11 is 0. The van der Waals surface area contributed by atoms with Crippen molar-refractivity contribution in [1.82, 2.24) is 0 Å². The first-order valence-corrected chi connectivity index (χ1v) is 6.95. The van der Waals surface area contributed by atoms with E-state index >= 15 is 0 Å². The smallest absolute Gasteiger partial charge is 0.171 e. The number of benzene rings is 1. The van der Waals surface area contributed by atoms with Gasteiger partial charge in [0.25, 0.3) is 0 Å².